The number of carbonyl (C=O) groups excluding carboxylic acids is 1. The van der Waals surface area contributed by atoms with Crippen LogP contribution in [-0.2, 0) is 4.79 Å². The van der Waals surface area contributed by atoms with E-state index in [-0.39, 0.29) is 17.6 Å². The number of benzene rings is 1. The van der Waals surface area contributed by atoms with Gasteiger partial charge in [0.2, 0.25) is 5.91 Å². The molecule has 1 amide bonds. The van der Waals surface area contributed by atoms with Gasteiger partial charge < -0.3 is 15.4 Å². The molecular formula is C31H26FN7O2. The van der Waals surface area contributed by atoms with Crippen molar-refractivity contribution >= 4 is 33.5 Å². The molecule has 5 aromatic heterocycles. The summed E-state index contributed by atoms with van der Waals surface area (Å²) in [6.07, 6.45) is 12.0. The molecule has 5 heterocycles. The molecule has 1 aliphatic carbocycles. The number of H-pyrrole nitrogens is 2. The van der Waals surface area contributed by atoms with E-state index in [9.17, 15) is 14.3 Å². The van der Waals surface area contributed by atoms with Gasteiger partial charge in [-0.25, -0.2) is 9.37 Å². The molecule has 10 heteroatoms. The Hall–Kier alpha value is -5.12. The van der Waals surface area contributed by atoms with Gasteiger partial charge in [0, 0.05) is 63.6 Å². The zero-order valence-electron chi connectivity index (χ0n) is 22.0. The highest BCUT2D eigenvalue weighted by Gasteiger charge is 2.21. The van der Waals surface area contributed by atoms with E-state index in [4.69, 9.17) is 0 Å². The molecule has 1 saturated carbocycles. The third-order valence-electron chi connectivity index (χ3n) is 7.70. The number of hydrogen-bond donors (Lipinski definition) is 4. The maximum Gasteiger partial charge on any atom is 0.227 e. The number of phenols is 1. The predicted octanol–water partition coefficient (Wildman–Crippen LogP) is 6.59. The van der Waals surface area contributed by atoms with Crippen LogP contribution < -0.4 is 5.32 Å². The Morgan fingerprint density at radius 1 is 0.927 bits per heavy atom. The zero-order valence-corrected chi connectivity index (χ0v) is 22.0. The summed E-state index contributed by atoms with van der Waals surface area (Å²) in [6.45, 7) is 0. The topological polar surface area (TPSA) is 132 Å². The van der Waals surface area contributed by atoms with Gasteiger partial charge in [0.25, 0.3) is 0 Å². The van der Waals surface area contributed by atoms with E-state index in [2.05, 4.69) is 35.5 Å². The van der Waals surface area contributed by atoms with Gasteiger partial charge in [0.05, 0.1) is 29.0 Å². The number of nitrogens with zero attached hydrogens (tertiary/aromatic N) is 4. The molecular weight excluding hydrogens is 521 g/mol. The molecule has 0 saturated heterocycles. The maximum atomic E-state index is 14.0. The van der Waals surface area contributed by atoms with Crippen molar-refractivity contribution < 1.29 is 14.3 Å². The van der Waals surface area contributed by atoms with Crippen LogP contribution in [0.5, 0.6) is 5.75 Å². The van der Waals surface area contributed by atoms with Gasteiger partial charge in [-0.3, -0.25) is 19.9 Å². The lowest BCUT2D eigenvalue weighted by Gasteiger charge is -2.20. The molecule has 0 bridgehead atoms. The molecule has 0 aliphatic heterocycles. The number of aromatic hydroxyl groups is 1. The molecule has 0 radical (unpaired) electrons. The van der Waals surface area contributed by atoms with Crippen molar-refractivity contribution in [1.82, 2.24) is 30.1 Å². The van der Waals surface area contributed by atoms with Gasteiger partial charge >= 0.3 is 0 Å². The smallest absolute Gasteiger partial charge is 0.227 e. The van der Waals surface area contributed by atoms with Crippen LogP contribution in [0.3, 0.4) is 0 Å². The lowest BCUT2D eigenvalue weighted by molar-refractivity contribution is -0.120. The molecule has 7 rings (SSSR count). The summed E-state index contributed by atoms with van der Waals surface area (Å²) in [5.41, 5.74) is 6.15. The fourth-order valence-electron chi connectivity index (χ4n) is 5.67. The van der Waals surface area contributed by atoms with Crippen molar-refractivity contribution in [2.75, 3.05) is 5.32 Å². The van der Waals surface area contributed by atoms with Crippen LogP contribution >= 0.6 is 0 Å². The molecule has 41 heavy (non-hydrogen) atoms. The van der Waals surface area contributed by atoms with E-state index in [0.29, 0.717) is 22.6 Å². The van der Waals surface area contributed by atoms with Crippen LogP contribution in [0.15, 0.2) is 67.3 Å². The van der Waals surface area contributed by atoms with E-state index >= 15 is 0 Å². The number of aromatic nitrogens is 6. The van der Waals surface area contributed by atoms with Crippen molar-refractivity contribution in [3.05, 3.63) is 73.1 Å². The Morgan fingerprint density at radius 3 is 2.63 bits per heavy atom. The number of halogens is 1. The lowest BCUT2D eigenvalue weighted by Crippen LogP contribution is -2.24. The number of carbonyl (C=O) groups is 1. The number of pyridine rings is 3. The van der Waals surface area contributed by atoms with Gasteiger partial charge in [0.1, 0.15) is 11.6 Å². The number of hydrogen-bond acceptors (Lipinski definition) is 6. The summed E-state index contributed by atoms with van der Waals surface area (Å²) >= 11 is 0. The number of anilines is 1. The highest BCUT2D eigenvalue weighted by molar-refractivity contribution is 6.00. The summed E-state index contributed by atoms with van der Waals surface area (Å²) in [7, 11) is 0. The fourth-order valence-corrected chi connectivity index (χ4v) is 5.67. The minimum atomic E-state index is -0.542. The first-order valence-electron chi connectivity index (χ1n) is 13.6. The number of nitrogens with one attached hydrogen (secondary N) is 3. The van der Waals surface area contributed by atoms with Crippen LogP contribution in [0.2, 0.25) is 0 Å². The first-order chi connectivity index (χ1) is 20.0. The summed E-state index contributed by atoms with van der Waals surface area (Å²) in [5.74, 6) is -0.604. The highest BCUT2D eigenvalue weighted by Crippen LogP contribution is 2.35. The Labute approximate surface area is 233 Å². The van der Waals surface area contributed by atoms with Crippen molar-refractivity contribution in [3.63, 3.8) is 0 Å². The standard InChI is InChI=1S/C31H26FN7O2/c32-21-8-18(10-23(40)12-21)28-24-13-27(37-26(24)6-7-34-28)29-25-11-20(15-35-30(25)39-38-29)19-9-22(16-33-14-19)36-31(41)17-4-2-1-3-5-17/h6-17,37,40H,1-5H2,(H,36,41)(H,35,38,39). The van der Waals surface area contributed by atoms with Crippen LogP contribution in [0, 0.1) is 11.7 Å². The average Bonchev–Trinajstić information content (AvgIpc) is 3.61. The number of fused-ring (bicyclic) bond motifs is 2. The maximum absolute atomic E-state index is 14.0. The molecule has 204 valence electrons. The predicted molar refractivity (Wildman–Crippen MR) is 154 cm³/mol. The van der Waals surface area contributed by atoms with Crippen LogP contribution in [0.25, 0.3) is 55.7 Å². The van der Waals surface area contributed by atoms with Gasteiger partial charge in [-0.2, -0.15) is 5.10 Å². The average molecular weight is 548 g/mol. The zero-order chi connectivity index (χ0) is 27.9. The first kappa shape index (κ1) is 24.9. The minimum Gasteiger partial charge on any atom is -0.508 e. The molecule has 0 unspecified atom stereocenters. The molecule has 1 aromatic carbocycles. The quantitative estimate of drug-likeness (QED) is 0.192. The molecule has 4 N–H and O–H groups in total. The number of phenolic OH excluding ortho intramolecular Hbond substituents is 1. The largest absolute Gasteiger partial charge is 0.508 e. The molecule has 6 aromatic rings. The van der Waals surface area contributed by atoms with Gasteiger partial charge in [-0.15, -0.1) is 0 Å². The summed E-state index contributed by atoms with van der Waals surface area (Å²) in [6, 6.07) is 11.5. The molecule has 0 atom stereocenters. The normalized spacial score (nSPS) is 14.1. The van der Waals surface area contributed by atoms with Crippen LogP contribution in [-0.4, -0.2) is 41.1 Å². The lowest BCUT2D eigenvalue weighted by atomic mass is 9.88. The fraction of sp³-hybridized carbons (Fsp3) is 0.194. The number of rotatable bonds is 5. The third-order valence-corrected chi connectivity index (χ3v) is 7.70. The Morgan fingerprint density at radius 2 is 1.78 bits per heavy atom. The Bertz CT molecular complexity index is 1900. The minimum absolute atomic E-state index is 0.0514. The van der Waals surface area contributed by atoms with E-state index < -0.39 is 5.82 Å². The van der Waals surface area contributed by atoms with Crippen molar-refractivity contribution in [1.29, 1.82) is 0 Å². The Kier molecular flexibility index (Phi) is 6.15. The third kappa shape index (κ3) is 4.77. The van der Waals surface area contributed by atoms with E-state index in [1.54, 1.807) is 24.8 Å². The van der Waals surface area contributed by atoms with Gasteiger partial charge in [-0.05, 0) is 49.2 Å². The van der Waals surface area contributed by atoms with Crippen LogP contribution in [0.1, 0.15) is 32.1 Å². The second-order valence-corrected chi connectivity index (χ2v) is 10.5. The SMILES string of the molecule is O=C(Nc1cncc(-c2cnc3n[nH]c(-c4cc5c(-c6cc(O)cc(F)c6)nccc5[nH]4)c3c2)c1)C1CCCCC1. The van der Waals surface area contributed by atoms with Gasteiger partial charge in [-0.1, -0.05) is 19.3 Å². The summed E-state index contributed by atoms with van der Waals surface area (Å²) in [5, 5.41) is 22.0. The van der Waals surface area contributed by atoms with Crippen molar-refractivity contribution in [2.45, 2.75) is 32.1 Å². The second-order valence-electron chi connectivity index (χ2n) is 10.5. The van der Waals surface area contributed by atoms with Crippen molar-refractivity contribution in [3.8, 4) is 39.5 Å². The van der Waals surface area contributed by atoms with Gasteiger partial charge in [0.15, 0.2) is 5.65 Å². The molecule has 1 aliphatic rings. The molecule has 0 spiro atoms. The van der Waals surface area contributed by atoms with Crippen LogP contribution in [0.4, 0.5) is 10.1 Å². The van der Waals surface area contributed by atoms with E-state index in [0.717, 1.165) is 70.6 Å². The summed E-state index contributed by atoms with van der Waals surface area (Å²) in [4.78, 5) is 29.5. The second kappa shape index (κ2) is 10.1. The highest BCUT2D eigenvalue weighted by atomic mass is 19.1. The first-order valence-corrected chi connectivity index (χ1v) is 13.6. The molecule has 9 nitrogen and oxygen atoms in total. The van der Waals surface area contributed by atoms with Crippen molar-refractivity contribution in [2.24, 2.45) is 5.92 Å². The van der Waals surface area contributed by atoms with E-state index in [1.807, 2.05) is 24.3 Å². The monoisotopic (exact) mass is 547 g/mol. The number of aromatic amines is 2. The van der Waals surface area contributed by atoms with E-state index in [1.165, 1.54) is 18.6 Å². The number of amides is 1. The Balaban J connectivity index is 1.23. The summed E-state index contributed by atoms with van der Waals surface area (Å²) < 4.78 is 14.0. The molecule has 1 fully saturated rings.